The summed E-state index contributed by atoms with van der Waals surface area (Å²) in [5.74, 6) is 1.65. The van der Waals surface area contributed by atoms with Crippen LogP contribution in [0.25, 0.3) is 11.3 Å². The summed E-state index contributed by atoms with van der Waals surface area (Å²) in [6, 6.07) is 25.5. The van der Waals surface area contributed by atoms with Gasteiger partial charge in [0, 0.05) is 15.5 Å². The smallest absolute Gasteiger partial charge is 0.171 e. The average Bonchev–Trinajstić information content (AvgIpc) is 3.25. The minimum Gasteiger partial charge on any atom is -0.459 e. The van der Waals surface area contributed by atoms with Crippen LogP contribution in [0, 0.1) is 0 Å². The Hall–Kier alpha value is -2.80. The third kappa shape index (κ3) is 5.63. The predicted molar refractivity (Wildman–Crippen MR) is 127 cm³/mol. The number of rotatable bonds is 6. The number of anilines is 1. The molecule has 0 bridgehead atoms. The number of aromatic nitrogens is 1. The first-order valence-corrected chi connectivity index (χ1v) is 10.8. The molecule has 0 unspecified atom stereocenters. The number of halogens is 1. The third-order valence-corrected chi connectivity index (χ3v) is 5.63. The van der Waals surface area contributed by atoms with Gasteiger partial charge < -0.3 is 15.1 Å². The number of hydrogen-bond donors (Lipinski definition) is 2. The second-order valence-corrected chi connectivity index (χ2v) is 8.32. The molecule has 0 aliphatic heterocycles. The van der Waals surface area contributed by atoms with E-state index < -0.39 is 0 Å². The van der Waals surface area contributed by atoms with Crippen molar-refractivity contribution in [3.05, 3.63) is 95.8 Å². The predicted octanol–water partition coefficient (Wildman–Crippen LogP) is 6.63. The molecule has 0 fully saturated rings. The van der Waals surface area contributed by atoms with Crippen LogP contribution in [0.1, 0.15) is 5.76 Å². The van der Waals surface area contributed by atoms with Gasteiger partial charge in [-0.2, -0.15) is 0 Å². The largest absolute Gasteiger partial charge is 0.459 e. The summed E-state index contributed by atoms with van der Waals surface area (Å²) < 4.78 is 5.88. The van der Waals surface area contributed by atoms with Gasteiger partial charge in [-0.1, -0.05) is 53.7 Å². The number of furan rings is 1. The zero-order valence-electron chi connectivity index (χ0n) is 15.8. The van der Waals surface area contributed by atoms with E-state index >= 15 is 0 Å². The van der Waals surface area contributed by atoms with Crippen LogP contribution in [-0.4, -0.2) is 10.1 Å². The summed E-state index contributed by atoms with van der Waals surface area (Å²) in [5.41, 5.74) is 1.87. The van der Waals surface area contributed by atoms with E-state index in [0.717, 1.165) is 37.7 Å². The molecule has 150 valence electrons. The highest BCUT2D eigenvalue weighted by Crippen LogP contribution is 2.27. The minimum absolute atomic E-state index is 0.497. The molecule has 2 aromatic carbocycles. The first-order chi connectivity index (χ1) is 14.7. The number of benzene rings is 2. The fraction of sp³-hybridized carbons (Fsp3) is 0.0435. The fourth-order valence-electron chi connectivity index (χ4n) is 2.71. The second kappa shape index (κ2) is 9.80. The molecule has 2 heterocycles. The topological polar surface area (TPSA) is 50.1 Å². The molecule has 2 N–H and O–H groups in total. The van der Waals surface area contributed by atoms with Gasteiger partial charge in [-0.25, -0.2) is 4.98 Å². The van der Waals surface area contributed by atoms with Gasteiger partial charge in [-0.05, 0) is 60.7 Å². The Morgan fingerprint density at radius 2 is 1.77 bits per heavy atom. The maximum absolute atomic E-state index is 5.92. The summed E-state index contributed by atoms with van der Waals surface area (Å²) in [4.78, 5) is 5.55. The molecule has 4 rings (SSSR count). The van der Waals surface area contributed by atoms with E-state index in [9.17, 15) is 0 Å². The van der Waals surface area contributed by atoms with Crippen LogP contribution >= 0.6 is 35.6 Å². The van der Waals surface area contributed by atoms with Crippen LogP contribution < -0.4 is 10.6 Å². The Bertz CT molecular complexity index is 1110. The van der Waals surface area contributed by atoms with E-state index in [-0.39, 0.29) is 0 Å². The van der Waals surface area contributed by atoms with E-state index in [1.54, 1.807) is 18.0 Å². The van der Waals surface area contributed by atoms with Gasteiger partial charge in [0.2, 0.25) is 0 Å². The fourth-order valence-corrected chi connectivity index (χ4v) is 3.78. The lowest BCUT2D eigenvalue weighted by atomic mass is 10.2. The molecule has 0 atom stereocenters. The molecule has 0 radical (unpaired) electrons. The van der Waals surface area contributed by atoms with E-state index in [4.69, 9.17) is 28.2 Å². The molecular weight excluding hydrogens is 434 g/mol. The van der Waals surface area contributed by atoms with Gasteiger partial charge in [0.05, 0.1) is 18.4 Å². The van der Waals surface area contributed by atoms with Crippen molar-refractivity contribution >= 4 is 46.4 Å². The van der Waals surface area contributed by atoms with Crippen molar-refractivity contribution in [2.24, 2.45) is 0 Å². The molecule has 7 heteroatoms. The van der Waals surface area contributed by atoms with Gasteiger partial charge in [0.15, 0.2) is 5.11 Å². The van der Waals surface area contributed by atoms with Gasteiger partial charge in [-0.3, -0.25) is 0 Å². The average molecular weight is 452 g/mol. The van der Waals surface area contributed by atoms with Crippen molar-refractivity contribution < 1.29 is 4.42 Å². The lowest BCUT2D eigenvalue weighted by molar-refractivity contribution is 0.516. The molecule has 30 heavy (non-hydrogen) atoms. The highest BCUT2D eigenvalue weighted by Gasteiger charge is 2.06. The molecule has 0 aliphatic carbocycles. The van der Waals surface area contributed by atoms with Crippen LogP contribution in [-0.2, 0) is 6.54 Å². The monoisotopic (exact) mass is 451 g/mol. The number of nitrogens with zero attached hydrogens (tertiary/aromatic N) is 1. The molecule has 0 aliphatic rings. The van der Waals surface area contributed by atoms with Crippen LogP contribution in [0.2, 0.25) is 5.02 Å². The van der Waals surface area contributed by atoms with Crippen molar-refractivity contribution in [1.82, 2.24) is 10.3 Å². The molecule has 0 saturated heterocycles. The Labute approximate surface area is 189 Å². The van der Waals surface area contributed by atoms with Crippen LogP contribution in [0.15, 0.2) is 99.4 Å². The first kappa shape index (κ1) is 20.5. The van der Waals surface area contributed by atoms with Gasteiger partial charge in [0.25, 0.3) is 0 Å². The van der Waals surface area contributed by atoms with Crippen molar-refractivity contribution in [1.29, 1.82) is 0 Å². The van der Waals surface area contributed by atoms with Crippen molar-refractivity contribution in [2.45, 2.75) is 16.5 Å². The summed E-state index contributed by atoms with van der Waals surface area (Å²) in [5, 5.41) is 8.41. The highest BCUT2D eigenvalue weighted by molar-refractivity contribution is 7.99. The van der Waals surface area contributed by atoms with E-state index in [0.29, 0.717) is 11.7 Å². The molecule has 4 nitrogen and oxygen atoms in total. The zero-order chi connectivity index (χ0) is 20.8. The van der Waals surface area contributed by atoms with E-state index in [1.165, 1.54) is 0 Å². The molecule has 0 saturated carbocycles. The molecule has 4 aromatic rings. The second-order valence-electron chi connectivity index (χ2n) is 6.38. The summed E-state index contributed by atoms with van der Waals surface area (Å²) in [7, 11) is 0. The number of pyridine rings is 1. The summed E-state index contributed by atoms with van der Waals surface area (Å²) in [6.07, 6.45) is 1.76. The normalized spacial score (nSPS) is 10.6. The standard InChI is InChI=1S/C23H18ClN3OS2/c24-17-6-10-20(11-7-17)30-22-13-8-18(14-25-22)27-23(29)26-15-19-9-12-21(28-19)16-4-2-1-3-5-16/h1-14H,15H2,(H2,26,27,29). The quantitative estimate of drug-likeness (QED) is 0.321. The lowest BCUT2D eigenvalue weighted by Crippen LogP contribution is -2.27. The minimum atomic E-state index is 0.497. The first-order valence-electron chi connectivity index (χ1n) is 9.24. The van der Waals surface area contributed by atoms with E-state index in [2.05, 4.69) is 15.6 Å². The van der Waals surface area contributed by atoms with Gasteiger partial charge in [0.1, 0.15) is 16.5 Å². The van der Waals surface area contributed by atoms with Crippen LogP contribution in [0.4, 0.5) is 5.69 Å². The number of nitrogens with one attached hydrogen (secondary N) is 2. The summed E-state index contributed by atoms with van der Waals surface area (Å²) in [6.45, 7) is 0.497. The Balaban J connectivity index is 1.28. The Morgan fingerprint density at radius 1 is 0.967 bits per heavy atom. The highest BCUT2D eigenvalue weighted by atomic mass is 35.5. The van der Waals surface area contributed by atoms with Crippen molar-refractivity contribution in [2.75, 3.05) is 5.32 Å². The molecule has 2 aromatic heterocycles. The van der Waals surface area contributed by atoms with Crippen molar-refractivity contribution in [3.63, 3.8) is 0 Å². The Kier molecular flexibility index (Phi) is 6.69. The van der Waals surface area contributed by atoms with Crippen LogP contribution in [0.5, 0.6) is 0 Å². The summed E-state index contributed by atoms with van der Waals surface area (Å²) >= 11 is 12.9. The zero-order valence-corrected chi connectivity index (χ0v) is 18.2. The number of hydrogen-bond acceptors (Lipinski definition) is 4. The van der Waals surface area contributed by atoms with Crippen LogP contribution in [0.3, 0.4) is 0 Å². The maximum Gasteiger partial charge on any atom is 0.171 e. The number of thiocarbonyl (C=S) groups is 1. The van der Waals surface area contributed by atoms with Crippen molar-refractivity contribution in [3.8, 4) is 11.3 Å². The maximum atomic E-state index is 5.92. The third-order valence-electron chi connectivity index (χ3n) is 4.17. The van der Waals surface area contributed by atoms with E-state index in [1.807, 2.05) is 78.9 Å². The Morgan fingerprint density at radius 3 is 2.50 bits per heavy atom. The lowest BCUT2D eigenvalue weighted by Gasteiger charge is -2.09. The van der Waals surface area contributed by atoms with Gasteiger partial charge in [-0.15, -0.1) is 0 Å². The SMILES string of the molecule is S=C(NCc1ccc(-c2ccccc2)o1)Nc1ccc(Sc2ccc(Cl)cc2)nc1. The molecular formula is C23H18ClN3OS2. The molecule has 0 amide bonds. The van der Waals surface area contributed by atoms with Gasteiger partial charge >= 0.3 is 0 Å². The molecule has 0 spiro atoms.